The highest BCUT2D eigenvalue weighted by molar-refractivity contribution is 5.89. The minimum Gasteiger partial charge on any atom is -0.343 e. The van der Waals surface area contributed by atoms with Gasteiger partial charge in [-0.3, -0.25) is 14.4 Å². The highest BCUT2D eigenvalue weighted by Gasteiger charge is 2.40. The fourth-order valence-corrected chi connectivity index (χ4v) is 4.07. The van der Waals surface area contributed by atoms with Crippen molar-refractivity contribution in [1.82, 2.24) is 20.4 Å². The lowest BCUT2D eigenvalue weighted by molar-refractivity contribution is -0.141. The maximum absolute atomic E-state index is 13.5. The number of alkyl halides is 1. The highest BCUT2D eigenvalue weighted by Crippen LogP contribution is 2.26. The van der Waals surface area contributed by atoms with Crippen LogP contribution >= 0.6 is 0 Å². The molecule has 2 N–H and O–H groups in total. The molecule has 1 aliphatic heterocycles. The van der Waals surface area contributed by atoms with E-state index in [9.17, 15) is 18.8 Å². The Morgan fingerprint density at radius 1 is 1.22 bits per heavy atom. The second kappa shape index (κ2) is 11.9. The van der Waals surface area contributed by atoms with Crippen LogP contribution in [0.1, 0.15) is 39.2 Å². The summed E-state index contributed by atoms with van der Waals surface area (Å²) in [6.45, 7) is 6.07. The smallest absolute Gasteiger partial charge is 0.254 e. The summed E-state index contributed by atoms with van der Waals surface area (Å²) in [4.78, 5) is 41.2. The maximum atomic E-state index is 13.5. The van der Waals surface area contributed by atoms with E-state index in [2.05, 4.69) is 10.6 Å². The first-order chi connectivity index (χ1) is 15.2. The van der Waals surface area contributed by atoms with E-state index in [1.54, 1.807) is 11.9 Å². The summed E-state index contributed by atoms with van der Waals surface area (Å²) in [5, 5.41) is 5.65. The van der Waals surface area contributed by atoms with Gasteiger partial charge in [-0.25, -0.2) is 4.39 Å². The Hall–Kier alpha value is -2.48. The third kappa shape index (κ3) is 7.29. The lowest BCUT2D eigenvalue weighted by atomic mass is 9.85. The van der Waals surface area contributed by atoms with Crippen LogP contribution in [0.25, 0.3) is 0 Å². The Kier molecular flexibility index (Phi) is 9.62. The molecule has 1 heterocycles. The molecule has 3 amide bonds. The molecule has 2 atom stereocenters. The Morgan fingerprint density at radius 3 is 2.50 bits per heavy atom. The second-order valence-corrected chi connectivity index (χ2v) is 9.43. The normalized spacial score (nSPS) is 17.2. The summed E-state index contributed by atoms with van der Waals surface area (Å²) in [5.41, 5.74) is 0.596. The lowest BCUT2D eigenvalue weighted by Crippen LogP contribution is -2.58. The molecule has 8 heteroatoms. The van der Waals surface area contributed by atoms with Gasteiger partial charge in [-0.05, 0) is 37.3 Å². The molecule has 0 spiro atoms. The summed E-state index contributed by atoms with van der Waals surface area (Å²) in [5.74, 6) is -0.955. The van der Waals surface area contributed by atoms with E-state index in [1.165, 1.54) is 4.90 Å². The largest absolute Gasteiger partial charge is 0.343 e. The van der Waals surface area contributed by atoms with E-state index >= 15 is 0 Å². The van der Waals surface area contributed by atoms with Crippen molar-refractivity contribution in [1.29, 1.82) is 0 Å². The summed E-state index contributed by atoms with van der Waals surface area (Å²) in [6, 6.07) is 8.87. The predicted molar refractivity (Wildman–Crippen MR) is 123 cm³/mol. The van der Waals surface area contributed by atoms with Gasteiger partial charge in [0.25, 0.3) is 5.91 Å². The van der Waals surface area contributed by atoms with E-state index in [1.807, 2.05) is 51.1 Å². The number of rotatable bonds is 10. The molecule has 0 saturated carbocycles. The number of likely N-dealkylation sites (tertiary alicyclic amines) is 1. The first-order valence-corrected chi connectivity index (χ1v) is 11.3. The van der Waals surface area contributed by atoms with Gasteiger partial charge < -0.3 is 20.4 Å². The van der Waals surface area contributed by atoms with Gasteiger partial charge in [-0.2, -0.15) is 0 Å². The number of amides is 3. The van der Waals surface area contributed by atoms with Crippen molar-refractivity contribution in [2.75, 3.05) is 39.9 Å². The van der Waals surface area contributed by atoms with Crippen LogP contribution in [0.2, 0.25) is 0 Å². The monoisotopic (exact) mass is 448 g/mol. The first kappa shape index (κ1) is 25.8. The average molecular weight is 449 g/mol. The molecule has 0 radical (unpaired) electrons. The van der Waals surface area contributed by atoms with Crippen molar-refractivity contribution in [3.8, 4) is 0 Å². The predicted octanol–water partition coefficient (Wildman–Crippen LogP) is 1.77. The van der Waals surface area contributed by atoms with E-state index < -0.39 is 24.0 Å². The van der Waals surface area contributed by atoms with Crippen LogP contribution in [0.5, 0.6) is 0 Å². The molecule has 1 fully saturated rings. The Bertz CT molecular complexity index is 766. The van der Waals surface area contributed by atoms with Crippen LogP contribution in [0.15, 0.2) is 30.3 Å². The van der Waals surface area contributed by atoms with E-state index in [0.717, 1.165) is 18.4 Å². The highest BCUT2D eigenvalue weighted by atomic mass is 19.1. The molecule has 1 aromatic carbocycles. The molecule has 32 heavy (non-hydrogen) atoms. The summed E-state index contributed by atoms with van der Waals surface area (Å²) < 4.78 is 13.3. The molecule has 0 aromatic heterocycles. The van der Waals surface area contributed by atoms with Crippen LogP contribution < -0.4 is 10.6 Å². The third-order valence-electron chi connectivity index (χ3n) is 5.83. The third-order valence-corrected chi connectivity index (χ3v) is 5.83. The zero-order chi connectivity index (χ0) is 23.7. The summed E-state index contributed by atoms with van der Waals surface area (Å²) in [7, 11) is 1.68. The molecule has 0 aliphatic carbocycles. The number of benzene rings is 1. The molecular formula is C24H37FN4O3. The number of likely N-dealkylation sites (N-methyl/N-ethyl adjacent to an activating group) is 1. The van der Waals surface area contributed by atoms with Crippen molar-refractivity contribution in [2.45, 2.75) is 52.1 Å². The van der Waals surface area contributed by atoms with Gasteiger partial charge in [0.05, 0.1) is 6.54 Å². The number of carbonyl (C=O) groups excluding carboxylic acids is 3. The van der Waals surface area contributed by atoms with Crippen molar-refractivity contribution in [3.63, 3.8) is 0 Å². The van der Waals surface area contributed by atoms with Crippen LogP contribution in [0.4, 0.5) is 4.39 Å². The maximum Gasteiger partial charge on any atom is 0.254 e. The first-order valence-electron chi connectivity index (χ1n) is 11.3. The van der Waals surface area contributed by atoms with Crippen LogP contribution in [-0.2, 0) is 20.8 Å². The molecule has 2 unspecified atom stereocenters. The van der Waals surface area contributed by atoms with Crippen molar-refractivity contribution < 1.29 is 18.8 Å². The minimum atomic E-state index is -1.06. The SMILES string of the molecule is CNCC(=O)NC(C(=O)N1CCCC1CN(CCc1ccccc1)C(=O)CF)C(C)(C)C. The number of hydrogen-bond donors (Lipinski definition) is 2. The number of nitrogens with zero attached hydrogens (tertiary/aromatic N) is 2. The van der Waals surface area contributed by atoms with Gasteiger partial charge >= 0.3 is 0 Å². The Balaban J connectivity index is 2.11. The number of nitrogens with one attached hydrogen (secondary N) is 2. The molecule has 1 aromatic rings. The molecule has 7 nitrogen and oxygen atoms in total. The second-order valence-electron chi connectivity index (χ2n) is 9.43. The van der Waals surface area contributed by atoms with Crippen LogP contribution in [-0.4, -0.2) is 79.5 Å². The van der Waals surface area contributed by atoms with Gasteiger partial charge in [0, 0.05) is 25.7 Å². The van der Waals surface area contributed by atoms with E-state index in [4.69, 9.17) is 0 Å². The summed E-state index contributed by atoms with van der Waals surface area (Å²) >= 11 is 0. The van der Waals surface area contributed by atoms with Crippen LogP contribution in [0, 0.1) is 5.41 Å². The van der Waals surface area contributed by atoms with Crippen molar-refractivity contribution >= 4 is 17.7 Å². The standard InChI is InChI=1S/C24H37FN4O3/c1-24(2,3)22(27-20(30)16-26-4)23(32)29-13-8-11-19(29)17-28(21(31)15-25)14-12-18-9-6-5-7-10-18/h5-7,9-10,19,22,26H,8,11-17H2,1-4H3,(H,27,30). The van der Waals surface area contributed by atoms with Gasteiger partial charge in [0.15, 0.2) is 6.67 Å². The molecule has 2 rings (SSSR count). The number of halogens is 1. The number of carbonyl (C=O) groups is 3. The zero-order valence-corrected chi connectivity index (χ0v) is 19.7. The van der Waals surface area contributed by atoms with Gasteiger partial charge in [-0.15, -0.1) is 0 Å². The number of hydrogen-bond acceptors (Lipinski definition) is 4. The molecule has 1 aliphatic rings. The van der Waals surface area contributed by atoms with Crippen LogP contribution in [0.3, 0.4) is 0 Å². The van der Waals surface area contributed by atoms with Gasteiger partial charge in [-0.1, -0.05) is 51.1 Å². The quantitative estimate of drug-likeness (QED) is 0.572. The average Bonchev–Trinajstić information content (AvgIpc) is 3.22. The summed E-state index contributed by atoms with van der Waals surface area (Å²) in [6.07, 6.45) is 2.18. The van der Waals surface area contributed by atoms with E-state index in [-0.39, 0.29) is 24.4 Å². The van der Waals surface area contributed by atoms with Crippen molar-refractivity contribution in [2.24, 2.45) is 5.41 Å². The molecule has 0 bridgehead atoms. The molecular weight excluding hydrogens is 411 g/mol. The van der Waals surface area contributed by atoms with Crippen molar-refractivity contribution in [3.05, 3.63) is 35.9 Å². The lowest BCUT2D eigenvalue weighted by Gasteiger charge is -2.37. The minimum absolute atomic E-state index is 0.127. The topological polar surface area (TPSA) is 81.8 Å². The molecule has 1 saturated heterocycles. The van der Waals surface area contributed by atoms with Gasteiger partial charge in [0.2, 0.25) is 11.8 Å². The van der Waals surface area contributed by atoms with E-state index in [0.29, 0.717) is 26.1 Å². The van der Waals surface area contributed by atoms with Gasteiger partial charge in [0.1, 0.15) is 6.04 Å². The fraction of sp³-hybridized carbons (Fsp3) is 0.625. The fourth-order valence-electron chi connectivity index (χ4n) is 4.07. The Labute approximate surface area is 190 Å². The molecule has 178 valence electrons. The zero-order valence-electron chi connectivity index (χ0n) is 19.7. The Morgan fingerprint density at radius 2 is 1.91 bits per heavy atom.